The summed E-state index contributed by atoms with van der Waals surface area (Å²) in [6.45, 7) is 7.21. The van der Waals surface area contributed by atoms with Crippen LogP contribution in [0.2, 0.25) is 0 Å². The van der Waals surface area contributed by atoms with Crippen molar-refractivity contribution in [1.29, 1.82) is 0 Å². The molecule has 0 radical (unpaired) electrons. The Morgan fingerprint density at radius 3 is 2.68 bits per heavy atom. The van der Waals surface area contributed by atoms with E-state index < -0.39 is 0 Å². The highest BCUT2D eigenvalue weighted by molar-refractivity contribution is 5.38. The van der Waals surface area contributed by atoms with Gasteiger partial charge in [0.05, 0.1) is 0 Å². The third kappa shape index (κ3) is 2.98. The maximum atomic E-state index is 5.78. The monoisotopic (exact) mass is 261 g/mol. The lowest BCUT2D eigenvalue weighted by molar-refractivity contribution is 0.647. The van der Waals surface area contributed by atoms with Crippen LogP contribution in [0.1, 0.15) is 27.2 Å². The molecule has 102 valence electrons. The lowest BCUT2D eigenvalue weighted by Gasteiger charge is -2.26. The first-order valence-electron chi connectivity index (χ1n) is 6.38. The zero-order valence-corrected chi connectivity index (χ0v) is 11.5. The van der Waals surface area contributed by atoms with Crippen LogP contribution in [0.5, 0.6) is 0 Å². The molecule has 0 spiro atoms. The van der Waals surface area contributed by atoms with Crippen LogP contribution in [0.3, 0.4) is 0 Å². The van der Waals surface area contributed by atoms with E-state index in [2.05, 4.69) is 45.6 Å². The molecule has 2 heterocycles. The van der Waals surface area contributed by atoms with Crippen LogP contribution in [-0.2, 0) is 0 Å². The van der Waals surface area contributed by atoms with Gasteiger partial charge in [-0.05, 0) is 20.3 Å². The fraction of sp³-hybridized carbons (Fsp3) is 0.500. The molecule has 0 bridgehead atoms. The fourth-order valence-electron chi connectivity index (χ4n) is 1.82. The van der Waals surface area contributed by atoms with Gasteiger partial charge in [-0.3, -0.25) is 4.57 Å². The molecule has 0 amide bonds. The molecule has 7 nitrogen and oxygen atoms in total. The van der Waals surface area contributed by atoms with E-state index in [0.29, 0.717) is 17.9 Å². The van der Waals surface area contributed by atoms with Crippen molar-refractivity contribution in [3.63, 3.8) is 0 Å². The highest BCUT2D eigenvalue weighted by Gasteiger charge is 2.15. The molecule has 0 atom stereocenters. The Hall–Kier alpha value is -2.18. The lowest BCUT2D eigenvalue weighted by atomic mass is 10.3. The molecular formula is C12H19N7. The Kier molecular flexibility index (Phi) is 3.94. The summed E-state index contributed by atoms with van der Waals surface area (Å²) in [5.41, 5.74) is 5.78. The molecule has 19 heavy (non-hydrogen) atoms. The molecule has 0 saturated heterocycles. The number of imidazole rings is 1. The van der Waals surface area contributed by atoms with Gasteiger partial charge in [-0.15, -0.1) is 0 Å². The number of hydrogen-bond acceptors (Lipinski definition) is 6. The predicted octanol–water partition coefficient (Wildman–Crippen LogP) is 1.26. The van der Waals surface area contributed by atoms with Crippen molar-refractivity contribution in [3.8, 4) is 5.95 Å². The molecule has 0 aromatic carbocycles. The first-order chi connectivity index (χ1) is 9.11. The maximum absolute atomic E-state index is 5.78. The van der Waals surface area contributed by atoms with Gasteiger partial charge in [0.2, 0.25) is 17.8 Å². The van der Waals surface area contributed by atoms with Crippen LogP contribution in [0, 0.1) is 0 Å². The van der Waals surface area contributed by atoms with Crippen LogP contribution in [0.4, 0.5) is 11.9 Å². The molecular weight excluding hydrogens is 242 g/mol. The van der Waals surface area contributed by atoms with Crippen LogP contribution < -0.4 is 10.6 Å². The number of aromatic nitrogens is 5. The number of hydrogen-bond donors (Lipinski definition) is 1. The number of nitrogens with zero attached hydrogens (tertiary/aromatic N) is 6. The Labute approximate surface area is 112 Å². The van der Waals surface area contributed by atoms with Crippen LogP contribution in [0.25, 0.3) is 5.95 Å². The average Bonchev–Trinajstić information content (AvgIpc) is 2.88. The van der Waals surface area contributed by atoms with Crippen molar-refractivity contribution in [2.24, 2.45) is 0 Å². The summed E-state index contributed by atoms with van der Waals surface area (Å²) in [5, 5.41) is 0. The van der Waals surface area contributed by atoms with Crippen LogP contribution in [0.15, 0.2) is 18.7 Å². The van der Waals surface area contributed by atoms with Gasteiger partial charge in [0.1, 0.15) is 6.33 Å². The lowest BCUT2D eigenvalue weighted by Crippen LogP contribution is -2.33. The van der Waals surface area contributed by atoms with E-state index >= 15 is 0 Å². The molecule has 0 fully saturated rings. The predicted molar refractivity (Wildman–Crippen MR) is 74.1 cm³/mol. The normalized spacial score (nSPS) is 10.9. The van der Waals surface area contributed by atoms with Crippen molar-refractivity contribution >= 4 is 11.9 Å². The highest BCUT2D eigenvalue weighted by Crippen LogP contribution is 2.14. The van der Waals surface area contributed by atoms with Crippen molar-refractivity contribution in [3.05, 3.63) is 18.7 Å². The topological polar surface area (TPSA) is 85.8 Å². The van der Waals surface area contributed by atoms with Crippen LogP contribution >= 0.6 is 0 Å². The van der Waals surface area contributed by atoms with Gasteiger partial charge in [-0.1, -0.05) is 6.92 Å². The Morgan fingerprint density at radius 1 is 1.32 bits per heavy atom. The number of anilines is 2. The zero-order chi connectivity index (χ0) is 13.8. The molecule has 2 rings (SSSR count). The van der Waals surface area contributed by atoms with E-state index in [0.717, 1.165) is 13.0 Å². The molecule has 7 heteroatoms. The summed E-state index contributed by atoms with van der Waals surface area (Å²) < 4.78 is 1.71. The summed E-state index contributed by atoms with van der Waals surface area (Å²) >= 11 is 0. The largest absolute Gasteiger partial charge is 0.368 e. The molecule has 2 aromatic rings. The van der Waals surface area contributed by atoms with Gasteiger partial charge >= 0.3 is 0 Å². The van der Waals surface area contributed by atoms with Gasteiger partial charge in [0.15, 0.2) is 0 Å². The Balaban J connectivity index is 2.40. The standard InChI is InChI=1S/C12H19N7/c1-4-6-19(9(2)3)12-16-10(13)15-11(17-12)18-7-5-14-8-18/h5,7-9H,4,6H2,1-3H3,(H2,13,15,16,17). The molecule has 0 unspecified atom stereocenters. The van der Waals surface area contributed by atoms with Crippen molar-refractivity contribution < 1.29 is 0 Å². The summed E-state index contributed by atoms with van der Waals surface area (Å²) in [5.74, 6) is 1.31. The van der Waals surface area contributed by atoms with E-state index in [4.69, 9.17) is 5.73 Å². The molecule has 2 N–H and O–H groups in total. The quantitative estimate of drug-likeness (QED) is 0.872. The third-order valence-corrected chi connectivity index (χ3v) is 2.71. The first-order valence-corrected chi connectivity index (χ1v) is 6.38. The Bertz CT molecular complexity index is 521. The van der Waals surface area contributed by atoms with Crippen LogP contribution in [-0.4, -0.2) is 37.1 Å². The van der Waals surface area contributed by atoms with Gasteiger partial charge < -0.3 is 10.6 Å². The van der Waals surface area contributed by atoms with E-state index in [1.807, 2.05) is 0 Å². The maximum Gasteiger partial charge on any atom is 0.241 e. The van der Waals surface area contributed by atoms with Gasteiger partial charge in [0, 0.05) is 25.0 Å². The van der Waals surface area contributed by atoms with E-state index in [1.165, 1.54) is 0 Å². The third-order valence-electron chi connectivity index (χ3n) is 2.71. The van der Waals surface area contributed by atoms with E-state index in [-0.39, 0.29) is 5.95 Å². The average molecular weight is 261 g/mol. The molecule has 2 aromatic heterocycles. The van der Waals surface area contributed by atoms with E-state index in [1.54, 1.807) is 23.3 Å². The Morgan fingerprint density at radius 2 is 2.11 bits per heavy atom. The van der Waals surface area contributed by atoms with Gasteiger partial charge in [0.25, 0.3) is 0 Å². The van der Waals surface area contributed by atoms with Crippen molar-refractivity contribution in [2.45, 2.75) is 33.2 Å². The molecule has 0 aliphatic heterocycles. The minimum atomic E-state index is 0.218. The summed E-state index contributed by atoms with van der Waals surface area (Å²) in [7, 11) is 0. The summed E-state index contributed by atoms with van der Waals surface area (Å²) in [6.07, 6.45) is 6.10. The minimum Gasteiger partial charge on any atom is -0.368 e. The SMILES string of the molecule is CCCN(c1nc(N)nc(-n2ccnc2)n1)C(C)C. The first kappa shape index (κ1) is 13.3. The van der Waals surface area contributed by atoms with Crippen molar-refractivity contribution in [2.75, 3.05) is 17.2 Å². The molecule has 0 aliphatic carbocycles. The summed E-state index contributed by atoms with van der Waals surface area (Å²) in [4.78, 5) is 18.9. The van der Waals surface area contributed by atoms with Gasteiger partial charge in [-0.2, -0.15) is 15.0 Å². The summed E-state index contributed by atoms with van der Waals surface area (Å²) in [6, 6.07) is 0.303. The second-order valence-electron chi connectivity index (χ2n) is 4.55. The second kappa shape index (κ2) is 5.64. The molecule has 0 saturated carbocycles. The number of nitrogen functional groups attached to an aromatic ring is 1. The molecule has 0 aliphatic rings. The zero-order valence-electron chi connectivity index (χ0n) is 11.5. The number of rotatable bonds is 5. The second-order valence-corrected chi connectivity index (χ2v) is 4.55. The smallest absolute Gasteiger partial charge is 0.241 e. The van der Waals surface area contributed by atoms with E-state index in [9.17, 15) is 0 Å². The van der Waals surface area contributed by atoms with Crippen molar-refractivity contribution in [1.82, 2.24) is 24.5 Å². The number of nitrogens with two attached hydrogens (primary N) is 1. The minimum absolute atomic E-state index is 0.218. The van der Waals surface area contributed by atoms with Gasteiger partial charge in [-0.25, -0.2) is 4.98 Å². The highest BCUT2D eigenvalue weighted by atomic mass is 15.3. The fourth-order valence-corrected chi connectivity index (χ4v) is 1.82.